The molecule has 2 fully saturated rings. The Balaban J connectivity index is 1.54. The molecular formula is C17H28N4. The van der Waals surface area contributed by atoms with Crippen molar-refractivity contribution in [1.82, 2.24) is 15.2 Å². The van der Waals surface area contributed by atoms with Crippen molar-refractivity contribution in [3.05, 3.63) is 24.0 Å². The highest BCUT2D eigenvalue weighted by Crippen LogP contribution is 2.30. The maximum Gasteiger partial charge on any atom is 0.0574 e. The van der Waals surface area contributed by atoms with Gasteiger partial charge in [0.1, 0.15) is 0 Å². The molecule has 1 atom stereocenters. The molecule has 0 aromatic carbocycles. The van der Waals surface area contributed by atoms with Crippen LogP contribution in [0.25, 0.3) is 0 Å². The molecule has 1 aliphatic heterocycles. The van der Waals surface area contributed by atoms with Crippen LogP contribution < -0.4 is 10.2 Å². The van der Waals surface area contributed by atoms with E-state index in [1.54, 1.807) is 0 Å². The van der Waals surface area contributed by atoms with Gasteiger partial charge < -0.3 is 10.2 Å². The van der Waals surface area contributed by atoms with Gasteiger partial charge in [-0.2, -0.15) is 0 Å². The van der Waals surface area contributed by atoms with Crippen molar-refractivity contribution in [3.63, 3.8) is 0 Å². The molecule has 0 spiro atoms. The highest BCUT2D eigenvalue weighted by molar-refractivity contribution is 5.45. The molecule has 1 aromatic rings. The summed E-state index contributed by atoms with van der Waals surface area (Å²) in [7, 11) is 2.00. The van der Waals surface area contributed by atoms with E-state index in [-0.39, 0.29) is 0 Å². The summed E-state index contributed by atoms with van der Waals surface area (Å²) < 4.78 is 0. The first kappa shape index (κ1) is 14.8. The quantitative estimate of drug-likeness (QED) is 0.870. The SMILES string of the molecule is CCC(NC)c1ccc(N2CCN(CC3CC3)CC2)cn1. The third-order valence-corrected chi connectivity index (χ3v) is 4.84. The topological polar surface area (TPSA) is 31.4 Å². The monoisotopic (exact) mass is 288 g/mol. The lowest BCUT2D eigenvalue weighted by Gasteiger charge is -2.36. The lowest BCUT2D eigenvalue weighted by Crippen LogP contribution is -2.47. The molecule has 21 heavy (non-hydrogen) atoms. The minimum absolute atomic E-state index is 0.370. The average molecular weight is 288 g/mol. The summed E-state index contributed by atoms with van der Waals surface area (Å²) in [5.74, 6) is 1.00. The third-order valence-electron chi connectivity index (χ3n) is 4.84. The zero-order chi connectivity index (χ0) is 14.7. The normalized spacial score (nSPS) is 21.5. The van der Waals surface area contributed by atoms with Gasteiger partial charge in [-0.1, -0.05) is 6.92 Å². The number of aromatic nitrogens is 1. The molecule has 0 bridgehead atoms. The molecule has 1 aliphatic carbocycles. The van der Waals surface area contributed by atoms with Crippen LogP contribution in [0.3, 0.4) is 0 Å². The van der Waals surface area contributed by atoms with Crippen molar-refractivity contribution in [2.45, 2.75) is 32.2 Å². The van der Waals surface area contributed by atoms with Crippen molar-refractivity contribution in [1.29, 1.82) is 0 Å². The Morgan fingerprint density at radius 1 is 1.24 bits per heavy atom. The predicted molar refractivity (Wildman–Crippen MR) is 87.7 cm³/mol. The fourth-order valence-electron chi connectivity index (χ4n) is 3.21. The molecule has 1 saturated heterocycles. The first-order valence-corrected chi connectivity index (χ1v) is 8.40. The van der Waals surface area contributed by atoms with Gasteiger partial charge >= 0.3 is 0 Å². The van der Waals surface area contributed by atoms with E-state index in [4.69, 9.17) is 0 Å². The molecular weight excluding hydrogens is 260 g/mol. The molecule has 1 aromatic heterocycles. The molecule has 0 radical (unpaired) electrons. The van der Waals surface area contributed by atoms with Gasteiger partial charge in [0.25, 0.3) is 0 Å². The highest BCUT2D eigenvalue weighted by atomic mass is 15.3. The smallest absolute Gasteiger partial charge is 0.0574 e. The van der Waals surface area contributed by atoms with E-state index < -0.39 is 0 Å². The van der Waals surface area contributed by atoms with Crippen LogP contribution in [0, 0.1) is 5.92 Å². The second-order valence-electron chi connectivity index (χ2n) is 6.42. The number of hydrogen-bond acceptors (Lipinski definition) is 4. The Morgan fingerprint density at radius 3 is 2.52 bits per heavy atom. The lowest BCUT2D eigenvalue weighted by atomic mass is 10.1. The Labute approximate surface area is 128 Å². The highest BCUT2D eigenvalue weighted by Gasteiger charge is 2.26. The first-order chi connectivity index (χ1) is 10.3. The summed E-state index contributed by atoms with van der Waals surface area (Å²) in [6.07, 6.45) is 6.03. The maximum absolute atomic E-state index is 4.66. The molecule has 1 saturated carbocycles. The van der Waals surface area contributed by atoms with Crippen LogP contribution in [0.1, 0.15) is 37.9 Å². The van der Waals surface area contributed by atoms with Crippen molar-refractivity contribution in [2.75, 3.05) is 44.7 Å². The Hall–Kier alpha value is -1.13. The number of nitrogens with one attached hydrogen (secondary N) is 1. The Kier molecular flexibility index (Phi) is 4.76. The van der Waals surface area contributed by atoms with Gasteiger partial charge in [0.05, 0.1) is 17.6 Å². The summed E-state index contributed by atoms with van der Waals surface area (Å²) in [5.41, 5.74) is 2.42. The zero-order valence-corrected chi connectivity index (χ0v) is 13.4. The number of piperazine rings is 1. The Bertz CT molecular complexity index is 429. The van der Waals surface area contributed by atoms with E-state index in [1.807, 2.05) is 13.2 Å². The van der Waals surface area contributed by atoms with Crippen LogP contribution in [0.2, 0.25) is 0 Å². The van der Waals surface area contributed by atoms with Gasteiger partial charge in [0, 0.05) is 38.8 Å². The molecule has 1 unspecified atom stereocenters. The summed E-state index contributed by atoms with van der Waals surface area (Å²) in [6.45, 7) is 8.19. The van der Waals surface area contributed by atoms with E-state index in [2.05, 4.69) is 39.2 Å². The summed E-state index contributed by atoms with van der Waals surface area (Å²) in [6, 6.07) is 4.78. The third kappa shape index (κ3) is 3.74. The number of pyridine rings is 1. The molecule has 4 heteroatoms. The van der Waals surface area contributed by atoms with E-state index in [0.29, 0.717) is 6.04 Å². The van der Waals surface area contributed by atoms with Crippen molar-refractivity contribution in [2.24, 2.45) is 5.92 Å². The van der Waals surface area contributed by atoms with Crippen LogP contribution in [0.4, 0.5) is 5.69 Å². The minimum Gasteiger partial charge on any atom is -0.368 e. The number of rotatable bonds is 6. The number of hydrogen-bond donors (Lipinski definition) is 1. The largest absolute Gasteiger partial charge is 0.368 e. The van der Waals surface area contributed by atoms with Crippen LogP contribution in [0.15, 0.2) is 18.3 Å². The van der Waals surface area contributed by atoms with Gasteiger partial charge in [-0.25, -0.2) is 0 Å². The summed E-state index contributed by atoms with van der Waals surface area (Å²) in [5, 5.41) is 3.31. The fraction of sp³-hybridized carbons (Fsp3) is 0.706. The van der Waals surface area contributed by atoms with Gasteiger partial charge in [0.15, 0.2) is 0 Å². The molecule has 0 amide bonds. The van der Waals surface area contributed by atoms with E-state index in [1.165, 1.54) is 38.2 Å². The summed E-state index contributed by atoms with van der Waals surface area (Å²) in [4.78, 5) is 9.76. The average Bonchev–Trinajstić information content (AvgIpc) is 3.34. The zero-order valence-electron chi connectivity index (χ0n) is 13.4. The number of anilines is 1. The van der Waals surface area contributed by atoms with E-state index in [0.717, 1.165) is 31.1 Å². The molecule has 1 N–H and O–H groups in total. The lowest BCUT2D eigenvalue weighted by molar-refractivity contribution is 0.248. The predicted octanol–water partition coefficient (Wildman–Crippen LogP) is 2.28. The van der Waals surface area contributed by atoms with Gasteiger partial charge in [-0.05, 0) is 44.4 Å². The Morgan fingerprint density at radius 2 is 2.00 bits per heavy atom. The van der Waals surface area contributed by atoms with Crippen LogP contribution in [-0.4, -0.2) is 49.7 Å². The second-order valence-corrected chi connectivity index (χ2v) is 6.42. The molecule has 3 rings (SSSR count). The molecule has 4 nitrogen and oxygen atoms in total. The second kappa shape index (κ2) is 6.75. The van der Waals surface area contributed by atoms with Crippen LogP contribution in [-0.2, 0) is 0 Å². The first-order valence-electron chi connectivity index (χ1n) is 8.40. The van der Waals surface area contributed by atoms with Crippen molar-refractivity contribution < 1.29 is 0 Å². The van der Waals surface area contributed by atoms with Gasteiger partial charge in [-0.3, -0.25) is 9.88 Å². The van der Waals surface area contributed by atoms with Crippen molar-refractivity contribution in [3.8, 4) is 0 Å². The molecule has 2 aliphatic rings. The van der Waals surface area contributed by atoms with Gasteiger partial charge in [-0.15, -0.1) is 0 Å². The van der Waals surface area contributed by atoms with Crippen LogP contribution >= 0.6 is 0 Å². The summed E-state index contributed by atoms with van der Waals surface area (Å²) >= 11 is 0. The molecule has 2 heterocycles. The van der Waals surface area contributed by atoms with E-state index >= 15 is 0 Å². The van der Waals surface area contributed by atoms with Crippen molar-refractivity contribution >= 4 is 5.69 Å². The fourth-order valence-corrected chi connectivity index (χ4v) is 3.21. The standard InChI is InChI=1S/C17H28N4/c1-3-16(18-2)17-7-6-15(12-19-17)21-10-8-20(9-11-21)13-14-4-5-14/h6-7,12,14,16,18H,3-5,8-11,13H2,1-2H3. The van der Waals surface area contributed by atoms with Gasteiger partial charge in [0.2, 0.25) is 0 Å². The molecule has 116 valence electrons. The van der Waals surface area contributed by atoms with Crippen LogP contribution in [0.5, 0.6) is 0 Å². The number of nitrogens with zero attached hydrogens (tertiary/aromatic N) is 3. The minimum atomic E-state index is 0.370. The maximum atomic E-state index is 4.66. The van der Waals surface area contributed by atoms with E-state index in [9.17, 15) is 0 Å².